The molecule has 1 aliphatic rings. The first-order valence-corrected chi connectivity index (χ1v) is 7.58. The minimum atomic E-state index is -3.20. The highest BCUT2D eigenvalue weighted by molar-refractivity contribution is 7.90. The molecule has 1 saturated heterocycles. The number of rotatable bonds is 3. The minimum absolute atomic E-state index is 0.116. The molecule has 1 aromatic heterocycles. The van der Waals surface area contributed by atoms with Crippen LogP contribution in [0.2, 0.25) is 0 Å². The van der Waals surface area contributed by atoms with Gasteiger partial charge in [0.1, 0.15) is 0 Å². The summed E-state index contributed by atoms with van der Waals surface area (Å²) in [6, 6.07) is 3.70. The number of hydrogen-bond donors (Lipinski definition) is 2. The molecule has 0 aromatic carbocycles. The molecule has 2 heterocycles. The Kier molecular flexibility index (Phi) is 3.63. The number of nitrogens with zero attached hydrogens (tertiary/aromatic N) is 1. The van der Waals surface area contributed by atoms with Crippen LogP contribution < -0.4 is 10.6 Å². The zero-order chi connectivity index (χ0) is 12.3. The molecule has 0 radical (unpaired) electrons. The average molecular weight is 255 g/mol. The molecule has 94 valence electrons. The summed E-state index contributed by atoms with van der Waals surface area (Å²) in [4.78, 5) is 3.94. The molecule has 0 amide bonds. The van der Waals surface area contributed by atoms with Gasteiger partial charge in [0.25, 0.3) is 0 Å². The van der Waals surface area contributed by atoms with Crippen LogP contribution in [0.5, 0.6) is 0 Å². The van der Waals surface area contributed by atoms with Crippen molar-refractivity contribution in [3.8, 4) is 0 Å². The maximum Gasteiger partial charge on any atom is 0.192 e. The van der Waals surface area contributed by atoms with Gasteiger partial charge in [-0.1, -0.05) is 0 Å². The fourth-order valence-electron chi connectivity index (χ4n) is 1.90. The lowest BCUT2D eigenvalue weighted by Crippen LogP contribution is -2.38. The monoisotopic (exact) mass is 255 g/mol. The molecule has 1 atom stereocenters. The van der Waals surface area contributed by atoms with Crippen LogP contribution in [-0.2, 0) is 9.84 Å². The van der Waals surface area contributed by atoms with Crippen LogP contribution in [0.25, 0.3) is 0 Å². The van der Waals surface area contributed by atoms with Crippen LogP contribution >= 0.6 is 0 Å². The van der Waals surface area contributed by atoms with Gasteiger partial charge in [-0.15, -0.1) is 0 Å². The molecule has 0 saturated carbocycles. The Balaban J connectivity index is 2.03. The third kappa shape index (κ3) is 3.41. The predicted molar refractivity (Wildman–Crippen MR) is 66.9 cm³/mol. The van der Waals surface area contributed by atoms with Crippen molar-refractivity contribution in [1.29, 1.82) is 0 Å². The molecule has 5 nitrogen and oxygen atoms in total. The molecule has 2 N–H and O–H groups in total. The molecule has 2 rings (SSSR count). The smallest absolute Gasteiger partial charge is 0.192 e. The summed E-state index contributed by atoms with van der Waals surface area (Å²) in [6.45, 7) is 2.01. The Morgan fingerprint density at radius 1 is 1.47 bits per heavy atom. The zero-order valence-corrected chi connectivity index (χ0v) is 10.6. The maximum atomic E-state index is 11.2. The lowest BCUT2D eigenvalue weighted by molar-refractivity contribution is 0.480. The third-order valence-corrected chi connectivity index (χ3v) is 3.79. The fraction of sp³-hybridized carbons (Fsp3) is 0.545. The van der Waals surface area contributed by atoms with E-state index in [1.54, 1.807) is 12.3 Å². The van der Waals surface area contributed by atoms with Crippen molar-refractivity contribution in [3.63, 3.8) is 0 Å². The predicted octanol–water partition coefficient (Wildman–Crippen LogP) is 0.649. The van der Waals surface area contributed by atoms with Crippen LogP contribution in [0, 0.1) is 0 Å². The van der Waals surface area contributed by atoms with Gasteiger partial charge in [0.2, 0.25) is 0 Å². The summed E-state index contributed by atoms with van der Waals surface area (Å²) < 4.78 is 22.5. The van der Waals surface area contributed by atoms with Crippen molar-refractivity contribution in [2.24, 2.45) is 0 Å². The molecule has 0 aliphatic carbocycles. The first-order valence-electron chi connectivity index (χ1n) is 5.69. The van der Waals surface area contributed by atoms with Gasteiger partial charge in [0.05, 0.1) is 11.9 Å². The van der Waals surface area contributed by atoms with Gasteiger partial charge in [-0.25, -0.2) is 13.4 Å². The topological polar surface area (TPSA) is 71.1 Å². The van der Waals surface area contributed by atoms with Gasteiger partial charge < -0.3 is 10.6 Å². The van der Waals surface area contributed by atoms with Crippen LogP contribution in [0.1, 0.15) is 12.8 Å². The number of piperidine rings is 1. The first kappa shape index (κ1) is 12.3. The summed E-state index contributed by atoms with van der Waals surface area (Å²) in [5.41, 5.74) is 0.867. The second kappa shape index (κ2) is 5.01. The van der Waals surface area contributed by atoms with Gasteiger partial charge in [-0.2, -0.15) is 0 Å². The summed E-state index contributed by atoms with van der Waals surface area (Å²) >= 11 is 0. The largest absolute Gasteiger partial charge is 0.380 e. The Morgan fingerprint density at radius 3 is 2.82 bits per heavy atom. The summed E-state index contributed by atoms with van der Waals surface area (Å²) in [5, 5.41) is 6.77. The summed E-state index contributed by atoms with van der Waals surface area (Å²) in [6.07, 6.45) is 5.02. The van der Waals surface area contributed by atoms with Crippen molar-refractivity contribution < 1.29 is 8.42 Å². The third-order valence-electron chi connectivity index (χ3n) is 2.78. The van der Waals surface area contributed by atoms with Crippen molar-refractivity contribution in [2.75, 3.05) is 24.7 Å². The second-order valence-corrected chi connectivity index (χ2v) is 6.31. The van der Waals surface area contributed by atoms with E-state index >= 15 is 0 Å². The molecule has 6 heteroatoms. The van der Waals surface area contributed by atoms with Crippen LogP contribution in [0.15, 0.2) is 23.4 Å². The highest BCUT2D eigenvalue weighted by atomic mass is 32.2. The molecule has 0 bridgehead atoms. The van der Waals surface area contributed by atoms with E-state index in [4.69, 9.17) is 0 Å². The molecule has 1 unspecified atom stereocenters. The average Bonchev–Trinajstić information content (AvgIpc) is 2.30. The molecule has 17 heavy (non-hydrogen) atoms. The van der Waals surface area contributed by atoms with Crippen LogP contribution in [-0.4, -0.2) is 38.8 Å². The molecule has 1 aliphatic heterocycles. The van der Waals surface area contributed by atoms with E-state index in [-0.39, 0.29) is 5.03 Å². The highest BCUT2D eigenvalue weighted by Crippen LogP contribution is 2.13. The van der Waals surface area contributed by atoms with Crippen molar-refractivity contribution >= 4 is 15.5 Å². The minimum Gasteiger partial charge on any atom is -0.380 e. The SMILES string of the molecule is CS(=O)(=O)c1ccc(NC2CCCNC2)cn1. The number of hydrogen-bond acceptors (Lipinski definition) is 5. The van der Waals surface area contributed by atoms with Crippen molar-refractivity contribution in [1.82, 2.24) is 10.3 Å². The number of pyridine rings is 1. The quantitative estimate of drug-likeness (QED) is 0.830. The molecule has 0 spiro atoms. The molecular formula is C11H17N3O2S. The Morgan fingerprint density at radius 2 is 2.29 bits per heavy atom. The van der Waals surface area contributed by atoms with Gasteiger partial charge in [-0.3, -0.25) is 0 Å². The highest BCUT2D eigenvalue weighted by Gasteiger charge is 2.13. The Labute approximate surface area is 102 Å². The zero-order valence-electron chi connectivity index (χ0n) is 9.81. The number of aromatic nitrogens is 1. The molecule has 1 aromatic rings. The normalized spacial score (nSPS) is 21.1. The lowest BCUT2D eigenvalue weighted by Gasteiger charge is -2.24. The van der Waals surface area contributed by atoms with Gasteiger partial charge >= 0.3 is 0 Å². The second-order valence-electron chi connectivity index (χ2n) is 4.34. The van der Waals surface area contributed by atoms with E-state index in [1.165, 1.54) is 6.07 Å². The Hall–Kier alpha value is -1.14. The van der Waals surface area contributed by atoms with E-state index in [0.717, 1.165) is 37.9 Å². The van der Waals surface area contributed by atoms with Gasteiger partial charge in [0.15, 0.2) is 14.9 Å². The summed E-state index contributed by atoms with van der Waals surface area (Å²) in [5.74, 6) is 0. The Bertz CT molecular complexity index is 464. The molecule has 1 fully saturated rings. The first-order chi connectivity index (χ1) is 8.05. The van der Waals surface area contributed by atoms with E-state index in [9.17, 15) is 8.42 Å². The van der Waals surface area contributed by atoms with E-state index in [2.05, 4.69) is 15.6 Å². The van der Waals surface area contributed by atoms with Gasteiger partial charge in [-0.05, 0) is 31.5 Å². The number of nitrogens with one attached hydrogen (secondary N) is 2. The molecular weight excluding hydrogens is 238 g/mol. The number of anilines is 1. The standard InChI is InChI=1S/C11H17N3O2S/c1-17(15,16)11-5-4-10(8-13-11)14-9-3-2-6-12-7-9/h4-5,8-9,12,14H,2-3,6-7H2,1H3. The maximum absolute atomic E-state index is 11.2. The lowest BCUT2D eigenvalue weighted by atomic mass is 10.1. The van der Waals surface area contributed by atoms with Crippen LogP contribution in [0.3, 0.4) is 0 Å². The summed E-state index contributed by atoms with van der Waals surface area (Å²) in [7, 11) is -3.20. The van der Waals surface area contributed by atoms with Crippen molar-refractivity contribution in [3.05, 3.63) is 18.3 Å². The number of sulfone groups is 1. The van der Waals surface area contributed by atoms with E-state index in [1.807, 2.05) is 0 Å². The van der Waals surface area contributed by atoms with Crippen LogP contribution in [0.4, 0.5) is 5.69 Å². The van der Waals surface area contributed by atoms with E-state index in [0.29, 0.717) is 6.04 Å². The van der Waals surface area contributed by atoms with Crippen molar-refractivity contribution in [2.45, 2.75) is 23.9 Å². The fourth-order valence-corrected chi connectivity index (χ4v) is 2.46. The van der Waals surface area contributed by atoms with E-state index < -0.39 is 9.84 Å². The van der Waals surface area contributed by atoms with Gasteiger partial charge in [0, 0.05) is 18.8 Å².